The number of aromatic amines is 1. The second-order valence-corrected chi connectivity index (χ2v) is 11.3. The van der Waals surface area contributed by atoms with Gasteiger partial charge >= 0.3 is 0 Å². The van der Waals surface area contributed by atoms with Gasteiger partial charge in [0.25, 0.3) is 0 Å². The molecule has 3 aliphatic heterocycles. The number of piperidine rings is 1. The van der Waals surface area contributed by atoms with Crippen molar-refractivity contribution in [3.8, 4) is 11.4 Å². The molecule has 4 aromatic rings. The molecule has 3 aromatic heterocycles. The highest BCUT2D eigenvalue weighted by Gasteiger charge is 2.27. The number of H-pyrrole nitrogens is 1. The van der Waals surface area contributed by atoms with Gasteiger partial charge in [-0.05, 0) is 25.0 Å². The number of likely N-dealkylation sites (tertiary alicyclic amines) is 1. The van der Waals surface area contributed by atoms with E-state index >= 15 is 0 Å². The first-order valence-electron chi connectivity index (χ1n) is 13.4. The third-order valence-corrected chi connectivity index (χ3v) is 9.04. The molecule has 1 N–H and O–H groups in total. The summed E-state index contributed by atoms with van der Waals surface area (Å²) in [4.78, 5) is 19.2. The van der Waals surface area contributed by atoms with Crippen LogP contribution in [0.25, 0.3) is 32.5 Å². The molecular weight excluding hydrogens is 486 g/mol. The number of nitrogens with zero attached hydrogens (tertiary/aromatic N) is 6. The van der Waals surface area contributed by atoms with Crippen LogP contribution < -0.4 is 4.90 Å². The van der Waals surface area contributed by atoms with E-state index in [1.165, 1.54) is 22.4 Å². The zero-order chi connectivity index (χ0) is 24.6. The number of benzene rings is 1. The van der Waals surface area contributed by atoms with Crippen LogP contribution in [0.5, 0.6) is 0 Å². The average Bonchev–Trinajstić information content (AvgIpc) is 3.60. The van der Waals surface area contributed by atoms with E-state index in [0.29, 0.717) is 6.04 Å². The van der Waals surface area contributed by atoms with Gasteiger partial charge in [0, 0.05) is 67.7 Å². The molecule has 0 amide bonds. The van der Waals surface area contributed by atoms with Crippen molar-refractivity contribution in [2.24, 2.45) is 0 Å². The molecule has 0 spiro atoms. The Labute approximate surface area is 220 Å². The van der Waals surface area contributed by atoms with Gasteiger partial charge in [0.1, 0.15) is 0 Å². The fourth-order valence-electron chi connectivity index (χ4n) is 5.92. The maximum atomic E-state index is 5.64. The fourth-order valence-corrected chi connectivity index (χ4v) is 7.08. The summed E-state index contributed by atoms with van der Waals surface area (Å²) in [6, 6.07) is 9.16. The average molecular weight is 520 g/mol. The maximum absolute atomic E-state index is 5.64. The molecule has 1 aromatic carbocycles. The van der Waals surface area contributed by atoms with Gasteiger partial charge in [0.05, 0.1) is 48.4 Å². The van der Waals surface area contributed by atoms with E-state index in [-0.39, 0.29) is 0 Å². The van der Waals surface area contributed by atoms with E-state index in [4.69, 9.17) is 19.4 Å². The van der Waals surface area contributed by atoms with Crippen LogP contribution in [-0.4, -0.2) is 102 Å². The highest BCUT2D eigenvalue weighted by atomic mass is 32.1. The van der Waals surface area contributed by atoms with Gasteiger partial charge in [-0.25, -0.2) is 9.97 Å². The highest BCUT2D eigenvalue weighted by molar-refractivity contribution is 7.19. The minimum absolute atomic E-state index is 0.703. The van der Waals surface area contributed by atoms with E-state index in [1.54, 1.807) is 0 Å². The molecule has 7 rings (SSSR count). The number of morpholine rings is 2. The fraction of sp³-hybridized carbons (Fsp3) is 0.519. The van der Waals surface area contributed by atoms with Crippen LogP contribution in [0.4, 0.5) is 5.82 Å². The zero-order valence-electron chi connectivity index (χ0n) is 21.1. The quantitative estimate of drug-likeness (QED) is 0.430. The van der Waals surface area contributed by atoms with Gasteiger partial charge in [-0.15, -0.1) is 11.3 Å². The third-order valence-electron chi connectivity index (χ3n) is 7.94. The van der Waals surface area contributed by atoms with Gasteiger partial charge in [-0.1, -0.05) is 12.1 Å². The minimum Gasteiger partial charge on any atom is -0.379 e. The number of thiophene rings is 1. The van der Waals surface area contributed by atoms with Crippen LogP contribution >= 0.6 is 11.3 Å². The highest BCUT2D eigenvalue weighted by Crippen LogP contribution is 2.36. The Morgan fingerprint density at radius 3 is 2.54 bits per heavy atom. The Hall–Kier alpha value is -2.63. The molecule has 0 unspecified atom stereocenters. The van der Waals surface area contributed by atoms with Crippen LogP contribution in [0.3, 0.4) is 0 Å². The lowest BCUT2D eigenvalue weighted by Gasteiger charge is -2.40. The summed E-state index contributed by atoms with van der Waals surface area (Å²) in [5, 5.41) is 8.37. The Morgan fingerprint density at radius 2 is 1.73 bits per heavy atom. The predicted octanol–water partition coefficient (Wildman–Crippen LogP) is 3.37. The van der Waals surface area contributed by atoms with Crippen LogP contribution in [0.2, 0.25) is 0 Å². The third kappa shape index (κ3) is 4.72. The van der Waals surface area contributed by atoms with E-state index in [9.17, 15) is 0 Å². The molecule has 0 saturated carbocycles. The van der Waals surface area contributed by atoms with Crippen molar-refractivity contribution in [3.63, 3.8) is 0 Å². The van der Waals surface area contributed by atoms with Gasteiger partial charge in [-0.2, -0.15) is 5.10 Å². The molecule has 10 heteroatoms. The molecule has 9 nitrogen and oxygen atoms in total. The smallest absolute Gasteiger partial charge is 0.162 e. The number of hydrogen-bond donors (Lipinski definition) is 1. The van der Waals surface area contributed by atoms with Crippen LogP contribution in [0.15, 0.2) is 30.5 Å². The predicted molar refractivity (Wildman–Crippen MR) is 146 cm³/mol. The summed E-state index contributed by atoms with van der Waals surface area (Å²) in [7, 11) is 0. The maximum Gasteiger partial charge on any atom is 0.162 e. The number of nitrogens with one attached hydrogen (secondary N) is 1. The molecule has 0 aliphatic carbocycles. The van der Waals surface area contributed by atoms with Crippen molar-refractivity contribution in [2.45, 2.75) is 25.4 Å². The lowest BCUT2D eigenvalue weighted by molar-refractivity contribution is 0.000310. The van der Waals surface area contributed by atoms with Gasteiger partial charge < -0.3 is 14.4 Å². The molecule has 3 fully saturated rings. The number of rotatable bonds is 5. The van der Waals surface area contributed by atoms with E-state index in [1.807, 2.05) is 29.7 Å². The van der Waals surface area contributed by atoms with Crippen LogP contribution in [-0.2, 0) is 16.0 Å². The number of fused-ring (bicyclic) bond motifs is 2. The normalized spacial score (nSPS) is 20.8. The summed E-state index contributed by atoms with van der Waals surface area (Å²) in [5.74, 6) is 1.79. The van der Waals surface area contributed by atoms with Crippen LogP contribution in [0.1, 0.15) is 17.7 Å². The van der Waals surface area contributed by atoms with Crippen molar-refractivity contribution in [1.29, 1.82) is 0 Å². The molecular formula is C27H33N7O2S. The lowest BCUT2D eigenvalue weighted by atomic mass is 10.0. The molecule has 3 saturated heterocycles. The molecule has 37 heavy (non-hydrogen) atoms. The van der Waals surface area contributed by atoms with Gasteiger partial charge in [-0.3, -0.25) is 14.9 Å². The summed E-state index contributed by atoms with van der Waals surface area (Å²) < 4.78 is 12.4. The molecule has 194 valence electrons. The van der Waals surface area contributed by atoms with E-state index < -0.39 is 0 Å². The molecule has 0 bridgehead atoms. The standard InChI is InChI=1S/C27H33N7O2S/c1-2-21(22-17-28-31-23(22)3-1)26-29-24-16-20(37-25(24)27(30-26)34-10-14-36-15-11-34)18-32-6-4-19(5-7-32)33-8-12-35-13-9-33/h1-3,16-17,19H,4-15,18H2,(H,28,31). The Morgan fingerprint density at radius 1 is 0.946 bits per heavy atom. The molecule has 0 atom stereocenters. The van der Waals surface area contributed by atoms with Gasteiger partial charge in [0.2, 0.25) is 0 Å². The van der Waals surface area contributed by atoms with Crippen LogP contribution in [0, 0.1) is 0 Å². The Kier molecular flexibility index (Phi) is 6.51. The summed E-state index contributed by atoms with van der Waals surface area (Å²) in [6.45, 7) is 10.4. The van der Waals surface area contributed by atoms with Crippen molar-refractivity contribution in [1.82, 2.24) is 30.0 Å². The second-order valence-electron chi connectivity index (χ2n) is 10.2. The van der Waals surface area contributed by atoms with Crippen molar-refractivity contribution in [3.05, 3.63) is 35.3 Å². The van der Waals surface area contributed by atoms with Gasteiger partial charge in [0.15, 0.2) is 11.6 Å². The summed E-state index contributed by atoms with van der Waals surface area (Å²) in [5.41, 5.74) is 3.05. The molecule has 0 radical (unpaired) electrons. The summed E-state index contributed by atoms with van der Waals surface area (Å²) in [6.07, 6.45) is 4.34. The summed E-state index contributed by atoms with van der Waals surface area (Å²) >= 11 is 1.85. The number of hydrogen-bond acceptors (Lipinski definition) is 9. The van der Waals surface area contributed by atoms with Crippen molar-refractivity contribution >= 4 is 38.3 Å². The zero-order valence-corrected chi connectivity index (χ0v) is 21.9. The minimum atomic E-state index is 0.703. The largest absolute Gasteiger partial charge is 0.379 e. The first-order chi connectivity index (χ1) is 18.3. The monoisotopic (exact) mass is 519 g/mol. The number of anilines is 1. The number of aromatic nitrogens is 4. The van der Waals surface area contributed by atoms with Crippen molar-refractivity contribution in [2.75, 3.05) is 70.6 Å². The Bertz CT molecular complexity index is 1370. The molecule has 6 heterocycles. The second kappa shape index (κ2) is 10.3. The SMILES string of the molecule is c1cc(-c2nc(N3CCOCC3)c3sc(CN4CCC(N5CCOCC5)CC4)cc3n2)c2cn[nH]c2c1. The van der Waals surface area contributed by atoms with E-state index in [2.05, 4.69) is 37.0 Å². The topological polar surface area (TPSA) is 82.6 Å². The molecule has 3 aliphatic rings. The Balaban J connectivity index is 1.17. The van der Waals surface area contributed by atoms with Crippen molar-refractivity contribution < 1.29 is 9.47 Å². The number of ether oxygens (including phenoxy) is 2. The lowest BCUT2D eigenvalue weighted by Crippen LogP contribution is -2.48. The first kappa shape index (κ1) is 23.5. The van der Waals surface area contributed by atoms with E-state index in [0.717, 1.165) is 106 Å². The first-order valence-corrected chi connectivity index (χ1v) is 14.2.